The van der Waals surface area contributed by atoms with Crippen LogP contribution in [0, 0.1) is 6.92 Å². The quantitative estimate of drug-likeness (QED) is 0.418. The Kier molecular flexibility index (Phi) is 6.00. The number of thiazole rings is 1. The third-order valence-corrected chi connectivity index (χ3v) is 5.83. The number of nitrogens with zero attached hydrogens (tertiary/aromatic N) is 3. The molecule has 0 aliphatic carbocycles. The summed E-state index contributed by atoms with van der Waals surface area (Å²) in [7, 11) is 1.53. The molecule has 3 N–H and O–H groups in total. The van der Waals surface area contributed by atoms with Gasteiger partial charge in [-0.1, -0.05) is 36.4 Å². The number of nitrogens with two attached hydrogens (primary N) is 1. The van der Waals surface area contributed by atoms with Crippen molar-refractivity contribution in [2.45, 2.75) is 13.5 Å². The number of ether oxygens (including phenoxy) is 1. The number of nitrogen functional groups attached to an aromatic ring is 1. The van der Waals surface area contributed by atoms with E-state index >= 15 is 0 Å². The van der Waals surface area contributed by atoms with Gasteiger partial charge in [0.1, 0.15) is 17.3 Å². The Bertz CT molecular complexity index is 1280. The van der Waals surface area contributed by atoms with E-state index in [1.165, 1.54) is 23.1 Å². The number of methoxy groups -OCH3 is 1. The van der Waals surface area contributed by atoms with Gasteiger partial charge in [0.25, 0.3) is 5.91 Å². The molecule has 2 aromatic carbocycles. The highest BCUT2D eigenvalue weighted by atomic mass is 32.1. The minimum absolute atomic E-state index is 0.222. The lowest BCUT2D eigenvalue weighted by atomic mass is 10.1. The molecule has 0 aliphatic rings. The first-order chi connectivity index (χ1) is 15.5. The molecule has 0 atom stereocenters. The maximum absolute atomic E-state index is 12.5. The highest BCUT2D eigenvalue weighted by Crippen LogP contribution is 2.29. The van der Waals surface area contributed by atoms with Crippen LogP contribution in [0.15, 0.2) is 53.9 Å². The molecule has 9 heteroatoms. The minimum Gasteiger partial charge on any atom is -0.496 e. The van der Waals surface area contributed by atoms with Gasteiger partial charge >= 0.3 is 0 Å². The molecule has 0 spiro atoms. The Morgan fingerprint density at radius 2 is 1.97 bits per heavy atom. The van der Waals surface area contributed by atoms with E-state index < -0.39 is 0 Å². The van der Waals surface area contributed by atoms with Crippen molar-refractivity contribution in [2.24, 2.45) is 0 Å². The Hall–Kier alpha value is -3.98. The maximum Gasteiger partial charge on any atom is 0.255 e. The number of rotatable bonds is 7. The normalized spacial score (nSPS) is 10.7. The molecule has 0 bridgehead atoms. The van der Waals surface area contributed by atoms with Crippen molar-refractivity contribution in [2.75, 3.05) is 12.8 Å². The summed E-state index contributed by atoms with van der Waals surface area (Å²) < 4.78 is 6.72. The molecule has 1 amide bonds. The van der Waals surface area contributed by atoms with Crippen LogP contribution in [-0.4, -0.2) is 34.1 Å². The van der Waals surface area contributed by atoms with Crippen LogP contribution in [0.3, 0.4) is 0 Å². The number of aryl methyl sites for hydroxylation is 1. The van der Waals surface area contributed by atoms with Gasteiger partial charge < -0.3 is 15.8 Å². The summed E-state index contributed by atoms with van der Waals surface area (Å²) in [5.74, 6) is 0.544. The van der Waals surface area contributed by atoms with Crippen LogP contribution in [0.2, 0.25) is 0 Å². The Morgan fingerprint density at radius 1 is 1.22 bits per heavy atom. The summed E-state index contributed by atoms with van der Waals surface area (Å²) in [6.07, 6.45) is 0.704. The standard InChI is InChI=1S/C23H21N5O3S/c1-14-13-32-23(26-14)28-21(24)18(12-29)20(27-28)16-9-7-15(8-10-16)11-25-22(30)17-5-3-4-6-19(17)31-2/h3-10,12-13H,11,24H2,1-2H3,(H,25,30). The second-order valence-electron chi connectivity index (χ2n) is 7.03. The fourth-order valence-corrected chi connectivity index (χ4v) is 4.01. The Labute approximate surface area is 188 Å². The minimum atomic E-state index is -0.222. The molecule has 0 aliphatic heterocycles. The molecule has 2 heterocycles. The van der Waals surface area contributed by atoms with Crippen LogP contribution in [0.25, 0.3) is 16.4 Å². The zero-order chi connectivity index (χ0) is 22.7. The van der Waals surface area contributed by atoms with Crippen molar-refractivity contribution >= 4 is 29.3 Å². The van der Waals surface area contributed by atoms with Gasteiger partial charge in [0.15, 0.2) is 6.29 Å². The molecule has 0 unspecified atom stereocenters. The van der Waals surface area contributed by atoms with Crippen LogP contribution in [-0.2, 0) is 6.54 Å². The topological polar surface area (TPSA) is 112 Å². The lowest BCUT2D eigenvalue weighted by Gasteiger charge is -2.09. The number of aldehydes is 1. The SMILES string of the molecule is COc1ccccc1C(=O)NCc1ccc(-c2nn(-c3nc(C)cs3)c(N)c2C=O)cc1. The molecule has 162 valence electrons. The molecular formula is C23H21N5O3S. The van der Waals surface area contributed by atoms with Gasteiger partial charge in [-0.2, -0.15) is 9.78 Å². The summed E-state index contributed by atoms with van der Waals surface area (Å²) >= 11 is 1.40. The van der Waals surface area contributed by atoms with Crippen molar-refractivity contribution < 1.29 is 14.3 Å². The maximum atomic E-state index is 12.5. The van der Waals surface area contributed by atoms with E-state index in [1.54, 1.807) is 18.2 Å². The molecule has 32 heavy (non-hydrogen) atoms. The van der Waals surface area contributed by atoms with E-state index in [4.69, 9.17) is 10.5 Å². The van der Waals surface area contributed by atoms with Gasteiger partial charge in [-0.3, -0.25) is 9.59 Å². The Balaban J connectivity index is 1.53. The van der Waals surface area contributed by atoms with Crippen LogP contribution in [0.1, 0.15) is 32.0 Å². The van der Waals surface area contributed by atoms with E-state index in [0.29, 0.717) is 40.5 Å². The number of nitrogens with one attached hydrogen (secondary N) is 1. The summed E-state index contributed by atoms with van der Waals surface area (Å²) in [6, 6.07) is 14.5. The van der Waals surface area contributed by atoms with Gasteiger partial charge in [0.2, 0.25) is 5.13 Å². The number of hydrogen-bond donors (Lipinski definition) is 2. The molecule has 2 aromatic heterocycles. The van der Waals surface area contributed by atoms with Gasteiger partial charge in [-0.25, -0.2) is 4.98 Å². The summed E-state index contributed by atoms with van der Waals surface area (Å²) in [5.41, 5.74) is 9.92. The first kappa shape index (κ1) is 21.3. The fraction of sp³-hybridized carbons (Fsp3) is 0.130. The number of hydrogen-bond acceptors (Lipinski definition) is 7. The lowest BCUT2D eigenvalue weighted by Crippen LogP contribution is -2.23. The predicted molar refractivity (Wildman–Crippen MR) is 123 cm³/mol. The molecular weight excluding hydrogens is 426 g/mol. The number of para-hydroxylation sites is 1. The second kappa shape index (κ2) is 9.03. The third kappa shape index (κ3) is 4.10. The molecule has 0 saturated carbocycles. The van der Waals surface area contributed by atoms with Gasteiger partial charge in [-0.05, 0) is 24.6 Å². The van der Waals surface area contributed by atoms with Crippen LogP contribution < -0.4 is 15.8 Å². The number of carbonyl (C=O) groups excluding carboxylic acids is 2. The monoisotopic (exact) mass is 447 g/mol. The zero-order valence-corrected chi connectivity index (χ0v) is 18.3. The second-order valence-corrected chi connectivity index (χ2v) is 7.87. The van der Waals surface area contributed by atoms with E-state index in [2.05, 4.69) is 15.4 Å². The van der Waals surface area contributed by atoms with E-state index in [0.717, 1.165) is 16.8 Å². The smallest absolute Gasteiger partial charge is 0.255 e. The van der Waals surface area contributed by atoms with Crippen molar-refractivity contribution in [3.05, 3.63) is 76.3 Å². The molecule has 0 radical (unpaired) electrons. The van der Waals surface area contributed by atoms with Gasteiger partial charge in [-0.15, -0.1) is 11.3 Å². The van der Waals surface area contributed by atoms with E-state index in [-0.39, 0.29) is 11.7 Å². The third-order valence-electron chi connectivity index (χ3n) is 4.90. The molecule has 4 aromatic rings. The number of aromatic nitrogens is 3. The highest BCUT2D eigenvalue weighted by Gasteiger charge is 2.19. The molecule has 0 saturated heterocycles. The fourth-order valence-electron chi connectivity index (χ4n) is 3.25. The largest absolute Gasteiger partial charge is 0.496 e. The van der Waals surface area contributed by atoms with Crippen LogP contribution in [0.4, 0.5) is 5.82 Å². The first-order valence-electron chi connectivity index (χ1n) is 9.78. The Morgan fingerprint density at radius 3 is 2.62 bits per heavy atom. The van der Waals surface area contributed by atoms with Crippen molar-refractivity contribution in [1.29, 1.82) is 0 Å². The van der Waals surface area contributed by atoms with Crippen molar-refractivity contribution in [3.63, 3.8) is 0 Å². The number of amides is 1. The van der Waals surface area contributed by atoms with Gasteiger partial charge in [0, 0.05) is 17.5 Å². The summed E-state index contributed by atoms with van der Waals surface area (Å²) in [6.45, 7) is 2.22. The number of anilines is 1. The van der Waals surface area contributed by atoms with E-state index in [9.17, 15) is 9.59 Å². The van der Waals surface area contributed by atoms with Gasteiger partial charge in [0.05, 0.1) is 23.9 Å². The average molecular weight is 448 g/mol. The highest BCUT2D eigenvalue weighted by molar-refractivity contribution is 7.12. The number of benzene rings is 2. The summed E-state index contributed by atoms with van der Waals surface area (Å²) in [5, 5.41) is 9.90. The van der Waals surface area contributed by atoms with E-state index in [1.807, 2.05) is 42.6 Å². The average Bonchev–Trinajstić information content (AvgIpc) is 3.40. The van der Waals surface area contributed by atoms with Crippen molar-refractivity contribution in [3.8, 4) is 22.1 Å². The van der Waals surface area contributed by atoms with Crippen molar-refractivity contribution in [1.82, 2.24) is 20.1 Å². The lowest BCUT2D eigenvalue weighted by molar-refractivity contribution is 0.0947. The zero-order valence-electron chi connectivity index (χ0n) is 17.5. The molecule has 4 rings (SSSR count). The van der Waals surface area contributed by atoms with Crippen LogP contribution >= 0.6 is 11.3 Å². The molecule has 0 fully saturated rings. The predicted octanol–water partition coefficient (Wildman–Crippen LogP) is 3.64. The van der Waals surface area contributed by atoms with Crippen LogP contribution in [0.5, 0.6) is 5.75 Å². The molecule has 8 nitrogen and oxygen atoms in total. The number of carbonyl (C=O) groups is 2. The summed E-state index contributed by atoms with van der Waals surface area (Å²) in [4.78, 5) is 28.6. The first-order valence-corrected chi connectivity index (χ1v) is 10.7.